The number of nitrogens with zero attached hydrogens (tertiary/aromatic N) is 1. The van der Waals surface area contributed by atoms with E-state index in [2.05, 4.69) is 241 Å². The van der Waals surface area contributed by atoms with E-state index in [9.17, 15) is 0 Å². The molecule has 0 N–H and O–H groups in total. The predicted molar refractivity (Wildman–Crippen MR) is 285 cm³/mol. The minimum absolute atomic E-state index is 0.116. The zero-order valence-corrected chi connectivity index (χ0v) is 37.6. The third kappa shape index (κ3) is 5.53. The fourth-order valence-corrected chi connectivity index (χ4v) is 13.7. The van der Waals surface area contributed by atoms with Gasteiger partial charge in [-0.05, 0) is 0 Å². The van der Waals surface area contributed by atoms with Crippen LogP contribution in [0.5, 0.6) is 0 Å². The number of hydrogen-bond donors (Lipinski definition) is 0. The zero-order valence-electron chi connectivity index (χ0n) is 35.9. The third-order valence-corrected chi connectivity index (χ3v) is 16.5. The van der Waals surface area contributed by atoms with Gasteiger partial charge in [0.25, 0.3) is 0 Å². The van der Waals surface area contributed by atoms with E-state index in [0.717, 1.165) is 0 Å². The van der Waals surface area contributed by atoms with Crippen molar-refractivity contribution in [1.82, 2.24) is 4.57 Å². The minimum atomic E-state index is 0.116. The molecular weight excluding hydrogens is 862 g/mol. The molecule has 0 amide bonds. The molecule has 66 heavy (non-hydrogen) atoms. The van der Waals surface area contributed by atoms with Crippen LogP contribution in [-0.4, -0.2) is 19.1 Å². The first-order valence-corrected chi connectivity index (χ1v) is 24.5. The summed E-state index contributed by atoms with van der Waals surface area (Å²) in [5.74, 6) is 0. The third-order valence-electron chi connectivity index (χ3n) is 14.0. The van der Waals surface area contributed by atoms with E-state index in [0.29, 0.717) is 0 Å². The minimum Gasteiger partial charge on any atom is -0.0617 e. The van der Waals surface area contributed by atoms with E-state index in [1.807, 2.05) is 0 Å². The zero-order chi connectivity index (χ0) is 43.3. The van der Waals surface area contributed by atoms with Crippen molar-refractivity contribution >= 4 is 98.7 Å². The molecule has 0 aliphatic heterocycles. The van der Waals surface area contributed by atoms with Gasteiger partial charge in [-0.2, -0.15) is 0 Å². The second kappa shape index (κ2) is 14.8. The Morgan fingerprint density at radius 3 is 1.33 bits per heavy atom. The summed E-state index contributed by atoms with van der Waals surface area (Å²) in [5.41, 5.74) is 13.9. The van der Waals surface area contributed by atoms with Crippen LogP contribution in [0.2, 0.25) is 0 Å². The first-order chi connectivity index (χ1) is 32.8. The molecule has 0 aliphatic rings. The van der Waals surface area contributed by atoms with Crippen LogP contribution in [0.1, 0.15) is 0 Å². The molecule has 2 heteroatoms. The monoisotopic (exact) mass is 901 g/mol. The molecule has 1 nitrogen and oxygen atoms in total. The van der Waals surface area contributed by atoms with Crippen LogP contribution in [0, 0.1) is 0 Å². The molecule has 12 aromatic carbocycles. The molecule has 0 saturated heterocycles. The number of fused-ring (bicyclic) bond motifs is 10. The molecule has 0 fully saturated rings. The summed E-state index contributed by atoms with van der Waals surface area (Å²) in [5, 5.41) is 15.4. The van der Waals surface area contributed by atoms with E-state index in [1.165, 1.54) is 134 Å². The second-order valence-corrected chi connectivity index (χ2v) is 19.7. The van der Waals surface area contributed by atoms with Gasteiger partial charge in [-0.25, -0.2) is 0 Å². The number of para-hydroxylation sites is 1. The van der Waals surface area contributed by atoms with E-state index in [4.69, 9.17) is 0 Å². The Morgan fingerprint density at radius 2 is 0.712 bits per heavy atom. The molecule has 0 atom stereocenters. The molecule has 0 radical (unpaired) electrons. The summed E-state index contributed by atoms with van der Waals surface area (Å²) in [7, 11) is 0. The van der Waals surface area contributed by atoms with Gasteiger partial charge in [-0.3, -0.25) is 0 Å². The van der Waals surface area contributed by atoms with E-state index in [-0.39, 0.29) is 14.5 Å². The quantitative estimate of drug-likeness (QED) is 0.120. The first kappa shape index (κ1) is 37.4. The van der Waals surface area contributed by atoms with Crippen molar-refractivity contribution in [3.63, 3.8) is 0 Å². The van der Waals surface area contributed by atoms with Crippen LogP contribution in [-0.2, 0) is 0 Å². The smallest absolute Gasteiger partial charge is 0.0544 e. The molecule has 14 aromatic rings. The Morgan fingerprint density at radius 1 is 0.258 bits per heavy atom. The van der Waals surface area contributed by atoms with Crippen molar-refractivity contribution in [3.8, 4) is 50.2 Å². The maximum Gasteiger partial charge on any atom is -0.0544 e. The molecule has 0 aliphatic carbocycles. The predicted octanol–water partition coefficient (Wildman–Crippen LogP) is 17.4. The first-order valence-electron chi connectivity index (χ1n) is 22.8. The summed E-state index contributed by atoms with van der Waals surface area (Å²) >= 11 is 0.116. The Labute approximate surface area is 387 Å². The molecule has 0 saturated carbocycles. The van der Waals surface area contributed by atoms with E-state index < -0.39 is 0 Å². The van der Waals surface area contributed by atoms with Crippen LogP contribution in [0.25, 0.3) is 134 Å². The molecular formula is C64H39NSe. The van der Waals surface area contributed by atoms with Gasteiger partial charge in [0.15, 0.2) is 0 Å². The fraction of sp³-hybridized carbons (Fsp3) is 0. The molecule has 2 heterocycles. The van der Waals surface area contributed by atoms with E-state index >= 15 is 0 Å². The fourth-order valence-electron chi connectivity index (χ4n) is 11.2. The second-order valence-electron chi connectivity index (χ2n) is 17.5. The molecule has 306 valence electrons. The van der Waals surface area contributed by atoms with Gasteiger partial charge in [-0.1, -0.05) is 30.3 Å². The van der Waals surface area contributed by atoms with Crippen LogP contribution in [0.4, 0.5) is 0 Å². The van der Waals surface area contributed by atoms with Gasteiger partial charge < -0.3 is 0 Å². The van der Waals surface area contributed by atoms with Gasteiger partial charge >= 0.3 is 360 Å². The maximum absolute atomic E-state index is 2.53. The van der Waals surface area contributed by atoms with E-state index in [1.54, 1.807) is 0 Å². The van der Waals surface area contributed by atoms with Crippen molar-refractivity contribution in [3.05, 3.63) is 237 Å². The molecule has 14 rings (SSSR count). The standard InChI is InChI=1S/C64H39NSe/c1-3-18-40(19-4-1)42-34-36-58-55(38-42)44-22-15-16-33-57(44)65(58)63-51-29-13-11-27-49(51)62(50-28-12-14-30-52(50)63)54-32-17-31-53-56-39-43(35-37-59(56)66-64(53)54)61-47-25-9-7-23-45(47)60(41-20-5-2-6-21-41)46-24-8-10-26-48(46)61/h1-39H. The summed E-state index contributed by atoms with van der Waals surface area (Å²) in [6.07, 6.45) is 0. The largest absolute Gasteiger partial charge is 0.0617 e. The Hall–Kier alpha value is -8.00. The summed E-state index contributed by atoms with van der Waals surface area (Å²) < 4.78 is 5.43. The molecule has 0 bridgehead atoms. The van der Waals surface area contributed by atoms with Crippen LogP contribution in [0.15, 0.2) is 237 Å². The summed E-state index contributed by atoms with van der Waals surface area (Å²) in [6.45, 7) is 0. The topological polar surface area (TPSA) is 4.93 Å². The average Bonchev–Trinajstić information content (AvgIpc) is 3.93. The Kier molecular flexibility index (Phi) is 8.37. The van der Waals surface area contributed by atoms with Gasteiger partial charge in [0, 0.05) is 0 Å². The average molecular weight is 901 g/mol. The number of hydrogen-bond acceptors (Lipinski definition) is 0. The number of aromatic nitrogens is 1. The SMILES string of the molecule is c1ccc(-c2ccc3c(c2)c2ccccc2n3-c2c3ccccc3c(-c3cccc4c3[se]c3ccc(-c5c6ccccc6c(-c6ccccc6)c6ccccc56)cc34)c3ccccc23)cc1. The van der Waals surface area contributed by atoms with Crippen molar-refractivity contribution in [2.45, 2.75) is 0 Å². The van der Waals surface area contributed by atoms with Crippen molar-refractivity contribution < 1.29 is 0 Å². The van der Waals surface area contributed by atoms with Crippen LogP contribution in [0.3, 0.4) is 0 Å². The molecule has 0 unspecified atom stereocenters. The van der Waals surface area contributed by atoms with Gasteiger partial charge in [-0.15, -0.1) is 0 Å². The van der Waals surface area contributed by atoms with Gasteiger partial charge in [0.05, 0.1) is 0 Å². The Bertz CT molecular complexity index is 4160. The number of benzene rings is 12. The normalized spacial score (nSPS) is 11.9. The molecule has 0 spiro atoms. The van der Waals surface area contributed by atoms with Crippen LogP contribution < -0.4 is 0 Å². The maximum atomic E-state index is 2.53. The summed E-state index contributed by atoms with van der Waals surface area (Å²) in [4.78, 5) is 0. The van der Waals surface area contributed by atoms with Gasteiger partial charge in [0.1, 0.15) is 0 Å². The number of rotatable bonds is 5. The van der Waals surface area contributed by atoms with Crippen molar-refractivity contribution in [2.24, 2.45) is 0 Å². The molecule has 2 aromatic heterocycles. The van der Waals surface area contributed by atoms with Crippen LogP contribution >= 0.6 is 0 Å². The van der Waals surface area contributed by atoms with Crippen molar-refractivity contribution in [2.75, 3.05) is 0 Å². The summed E-state index contributed by atoms with van der Waals surface area (Å²) in [6, 6.07) is 88.1. The Balaban J connectivity index is 1.00. The van der Waals surface area contributed by atoms with Gasteiger partial charge in [0.2, 0.25) is 0 Å². The van der Waals surface area contributed by atoms with Crippen molar-refractivity contribution in [1.29, 1.82) is 0 Å².